The van der Waals surface area contributed by atoms with Crippen molar-refractivity contribution in [2.75, 3.05) is 35.0 Å². The Hall–Kier alpha value is -3.51. The first-order valence-electron chi connectivity index (χ1n) is 11.9. The van der Waals surface area contributed by atoms with Crippen molar-refractivity contribution in [2.45, 2.75) is 31.7 Å². The molecule has 184 valence electrons. The molecule has 6 heteroatoms. The molecular formula is C29H33NO5. The summed E-state index contributed by atoms with van der Waals surface area (Å²) < 4.78 is 22.1. The molecule has 0 saturated carbocycles. The van der Waals surface area contributed by atoms with Gasteiger partial charge in [0, 0.05) is 12.5 Å². The van der Waals surface area contributed by atoms with Gasteiger partial charge in [0.15, 0.2) is 17.3 Å². The average molecular weight is 476 g/mol. The minimum atomic E-state index is 0.0600. The largest absolute Gasteiger partial charge is 0.496 e. The molecule has 1 atom stereocenters. The molecule has 6 nitrogen and oxygen atoms in total. The SMILES string of the molecule is COc1cc2c(cc1C(=O)Cc1ccccc1)[C@H](CCc1cc(OC)c(OC)c(OC)c1)NCC2. The molecule has 4 rings (SSSR count). The Labute approximate surface area is 207 Å². The van der Waals surface area contributed by atoms with Gasteiger partial charge >= 0.3 is 0 Å². The van der Waals surface area contributed by atoms with Crippen molar-refractivity contribution in [1.29, 1.82) is 0 Å². The number of ether oxygens (including phenoxy) is 4. The quantitative estimate of drug-likeness (QED) is 0.418. The average Bonchev–Trinajstić information content (AvgIpc) is 2.90. The normalized spacial score (nSPS) is 14.7. The number of hydrogen-bond donors (Lipinski definition) is 1. The van der Waals surface area contributed by atoms with E-state index >= 15 is 0 Å². The van der Waals surface area contributed by atoms with Crippen molar-refractivity contribution < 1.29 is 23.7 Å². The smallest absolute Gasteiger partial charge is 0.203 e. The van der Waals surface area contributed by atoms with Gasteiger partial charge in [-0.15, -0.1) is 0 Å². The zero-order valence-corrected chi connectivity index (χ0v) is 20.9. The lowest BCUT2D eigenvalue weighted by Crippen LogP contribution is -2.30. The van der Waals surface area contributed by atoms with E-state index in [0.717, 1.165) is 36.9 Å². The highest BCUT2D eigenvalue weighted by atomic mass is 16.5. The molecule has 1 heterocycles. The Balaban J connectivity index is 1.58. The number of Topliss-reactive ketones (excluding diaryl/α,β-unsaturated/α-hetero) is 1. The Bertz CT molecular complexity index is 1150. The Kier molecular flexibility index (Phi) is 7.93. The topological polar surface area (TPSA) is 66.0 Å². The molecule has 0 amide bonds. The van der Waals surface area contributed by atoms with Crippen LogP contribution in [0.3, 0.4) is 0 Å². The number of nitrogens with one attached hydrogen (secondary N) is 1. The number of hydrogen-bond acceptors (Lipinski definition) is 6. The van der Waals surface area contributed by atoms with Crippen molar-refractivity contribution >= 4 is 5.78 Å². The van der Waals surface area contributed by atoms with Crippen LogP contribution in [0.1, 0.15) is 45.1 Å². The van der Waals surface area contributed by atoms with Gasteiger partial charge in [0.2, 0.25) is 5.75 Å². The number of rotatable bonds is 10. The molecule has 0 saturated heterocycles. The zero-order valence-electron chi connectivity index (χ0n) is 20.9. The lowest BCUT2D eigenvalue weighted by Gasteiger charge is -2.28. The number of methoxy groups -OCH3 is 4. The summed E-state index contributed by atoms with van der Waals surface area (Å²) in [5.41, 5.74) is 5.13. The van der Waals surface area contributed by atoms with Crippen LogP contribution in [0.15, 0.2) is 54.6 Å². The second-order valence-electron chi connectivity index (χ2n) is 8.67. The van der Waals surface area contributed by atoms with Crippen molar-refractivity contribution in [3.8, 4) is 23.0 Å². The predicted molar refractivity (Wildman–Crippen MR) is 136 cm³/mol. The van der Waals surface area contributed by atoms with Gasteiger partial charge in [-0.1, -0.05) is 30.3 Å². The number of carbonyl (C=O) groups excluding carboxylic acids is 1. The number of carbonyl (C=O) groups is 1. The van der Waals surface area contributed by atoms with Crippen LogP contribution in [0, 0.1) is 0 Å². The summed E-state index contributed by atoms with van der Waals surface area (Å²) in [5.74, 6) is 2.60. The molecule has 1 aliphatic heterocycles. The fourth-order valence-corrected chi connectivity index (χ4v) is 4.78. The summed E-state index contributed by atoms with van der Waals surface area (Å²) in [6.07, 6.45) is 2.93. The third-order valence-electron chi connectivity index (χ3n) is 6.58. The maximum atomic E-state index is 13.2. The summed E-state index contributed by atoms with van der Waals surface area (Å²) in [4.78, 5) is 13.2. The summed E-state index contributed by atoms with van der Waals surface area (Å²) in [5, 5.41) is 3.64. The van der Waals surface area contributed by atoms with Crippen molar-refractivity contribution in [1.82, 2.24) is 5.32 Å². The first-order valence-corrected chi connectivity index (χ1v) is 11.9. The summed E-state index contributed by atoms with van der Waals surface area (Å²) >= 11 is 0. The third kappa shape index (κ3) is 5.43. The number of benzene rings is 3. The molecule has 1 aliphatic rings. The highest BCUT2D eigenvalue weighted by Crippen LogP contribution is 2.39. The van der Waals surface area contributed by atoms with Gasteiger partial charge < -0.3 is 24.3 Å². The van der Waals surface area contributed by atoms with E-state index in [9.17, 15) is 4.79 Å². The van der Waals surface area contributed by atoms with Crippen molar-refractivity contribution in [3.05, 3.63) is 82.4 Å². The minimum Gasteiger partial charge on any atom is -0.496 e. The summed E-state index contributed by atoms with van der Waals surface area (Å²) in [7, 11) is 6.49. The maximum Gasteiger partial charge on any atom is 0.203 e. The first-order chi connectivity index (χ1) is 17.1. The lowest BCUT2D eigenvalue weighted by molar-refractivity contribution is 0.0990. The van der Waals surface area contributed by atoms with Crippen LogP contribution in [-0.2, 0) is 19.3 Å². The van der Waals surface area contributed by atoms with Crippen LogP contribution >= 0.6 is 0 Å². The molecule has 0 bridgehead atoms. The molecule has 3 aromatic rings. The van der Waals surface area contributed by atoms with Gasteiger partial charge in [-0.2, -0.15) is 0 Å². The molecule has 0 radical (unpaired) electrons. The van der Waals surface area contributed by atoms with E-state index in [1.54, 1.807) is 28.4 Å². The van der Waals surface area contributed by atoms with Gasteiger partial charge in [-0.3, -0.25) is 4.79 Å². The van der Waals surface area contributed by atoms with Crippen molar-refractivity contribution in [3.63, 3.8) is 0 Å². The third-order valence-corrected chi connectivity index (χ3v) is 6.58. The van der Waals surface area contributed by atoms with Gasteiger partial charge in [0.25, 0.3) is 0 Å². The van der Waals surface area contributed by atoms with Crippen LogP contribution in [0.2, 0.25) is 0 Å². The van der Waals surface area contributed by atoms with Gasteiger partial charge in [0.1, 0.15) is 5.75 Å². The molecule has 0 fully saturated rings. The van der Waals surface area contributed by atoms with E-state index in [4.69, 9.17) is 18.9 Å². The molecule has 3 aromatic carbocycles. The Morgan fingerprint density at radius 1 is 0.857 bits per heavy atom. The Morgan fingerprint density at radius 2 is 1.54 bits per heavy atom. The van der Waals surface area contributed by atoms with Gasteiger partial charge in [-0.05, 0) is 72.3 Å². The second kappa shape index (κ2) is 11.3. The number of aryl methyl sites for hydroxylation is 1. The lowest BCUT2D eigenvalue weighted by atomic mass is 9.87. The molecule has 0 unspecified atom stereocenters. The van der Waals surface area contributed by atoms with Gasteiger partial charge in [0.05, 0.1) is 34.0 Å². The predicted octanol–water partition coefficient (Wildman–Crippen LogP) is 4.97. The van der Waals surface area contributed by atoms with E-state index in [2.05, 4.69) is 5.32 Å². The minimum absolute atomic E-state index is 0.0600. The molecule has 0 spiro atoms. The Morgan fingerprint density at radius 3 is 2.17 bits per heavy atom. The standard InChI is InChI=1S/C29H33NO5/c1-32-26-17-21-12-13-30-24(11-10-20-15-27(33-2)29(35-4)28(16-20)34-3)22(21)18-23(26)25(31)14-19-8-6-5-7-9-19/h5-9,15-18,24,30H,10-14H2,1-4H3/t24-/m0/s1. The van der Waals surface area contributed by atoms with E-state index < -0.39 is 0 Å². The molecule has 0 aromatic heterocycles. The van der Waals surface area contributed by atoms with Crippen molar-refractivity contribution in [2.24, 2.45) is 0 Å². The highest BCUT2D eigenvalue weighted by molar-refractivity contribution is 6.00. The first kappa shape index (κ1) is 24.6. The number of fused-ring (bicyclic) bond motifs is 1. The highest BCUT2D eigenvalue weighted by Gasteiger charge is 2.25. The van der Waals surface area contributed by atoms with Crippen LogP contribution in [-0.4, -0.2) is 40.8 Å². The molecule has 0 aliphatic carbocycles. The molecule has 35 heavy (non-hydrogen) atoms. The molecule has 1 N–H and O–H groups in total. The van der Waals surface area contributed by atoms with Crippen LogP contribution < -0.4 is 24.3 Å². The number of ketones is 1. The zero-order chi connectivity index (χ0) is 24.8. The fourth-order valence-electron chi connectivity index (χ4n) is 4.78. The summed E-state index contributed by atoms with van der Waals surface area (Å²) in [6, 6.07) is 18.0. The second-order valence-corrected chi connectivity index (χ2v) is 8.67. The van der Waals surface area contributed by atoms with Crippen LogP contribution in [0.25, 0.3) is 0 Å². The van der Waals surface area contributed by atoms with E-state index in [0.29, 0.717) is 35.0 Å². The monoisotopic (exact) mass is 475 g/mol. The summed E-state index contributed by atoms with van der Waals surface area (Å²) in [6.45, 7) is 0.882. The van der Waals surface area contributed by atoms with Crippen LogP contribution in [0.4, 0.5) is 0 Å². The maximum absolute atomic E-state index is 13.2. The molecular weight excluding hydrogens is 442 g/mol. The van der Waals surface area contributed by atoms with E-state index in [1.807, 2.05) is 54.6 Å². The van der Waals surface area contributed by atoms with E-state index in [1.165, 1.54) is 11.1 Å². The van der Waals surface area contributed by atoms with Crippen LogP contribution in [0.5, 0.6) is 23.0 Å². The fraction of sp³-hybridized carbons (Fsp3) is 0.345. The van der Waals surface area contributed by atoms with E-state index in [-0.39, 0.29) is 11.8 Å². The van der Waals surface area contributed by atoms with Gasteiger partial charge in [-0.25, -0.2) is 0 Å².